The number of aliphatic hydroxyl groups is 1. The van der Waals surface area contributed by atoms with Gasteiger partial charge in [0.25, 0.3) is 0 Å². The number of nitrogens with one attached hydrogen (secondary N) is 2. The molecular weight excluding hydrogens is 574 g/mol. The number of halogens is 4. The maximum Gasteiger partial charge on any atom is 0.238 e. The molecule has 3 aromatic carbocycles. The fourth-order valence-corrected chi connectivity index (χ4v) is 6.06. The second kappa shape index (κ2) is 9.67. The first-order chi connectivity index (χ1) is 17.3. The summed E-state index contributed by atoms with van der Waals surface area (Å²) in [6.07, 6.45) is -0.0330. The number of carbonyl (C=O) groups excluding carboxylic acids is 2. The van der Waals surface area contributed by atoms with Crippen molar-refractivity contribution >= 4 is 56.6 Å². The predicted octanol–water partition coefficient (Wildman–Crippen LogP) is 5.50. The second-order valence-electron chi connectivity index (χ2n) is 8.67. The summed E-state index contributed by atoms with van der Waals surface area (Å²) in [7, 11) is 0. The Morgan fingerprint density at radius 2 is 1.89 bits per heavy atom. The zero-order chi connectivity index (χ0) is 25.6. The number of hydrogen-bond acceptors (Lipinski definition) is 4. The van der Waals surface area contributed by atoms with Gasteiger partial charge >= 0.3 is 0 Å². The number of benzene rings is 3. The molecule has 6 nitrogen and oxygen atoms in total. The van der Waals surface area contributed by atoms with Crippen LogP contribution in [0.25, 0.3) is 0 Å². The number of carbonyl (C=O) groups is 2. The van der Waals surface area contributed by atoms with Crippen LogP contribution >= 0.6 is 39.1 Å². The molecule has 0 saturated carbocycles. The van der Waals surface area contributed by atoms with Crippen molar-refractivity contribution in [2.24, 2.45) is 0 Å². The van der Waals surface area contributed by atoms with Crippen LogP contribution in [0.5, 0.6) is 5.75 Å². The summed E-state index contributed by atoms with van der Waals surface area (Å²) < 4.78 is 21.7. The van der Waals surface area contributed by atoms with Crippen LogP contribution in [0.4, 0.5) is 10.1 Å². The molecule has 2 aliphatic rings. The quantitative estimate of drug-likeness (QED) is 0.364. The van der Waals surface area contributed by atoms with Crippen LogP contribution in [0, 0.1) is 5.82 Å². The fraction of sp³-hybridized carbons (Fsp3) is 0.231. The van der Waals surface area contributed by atoms with Gasteiger partial charge in [-0.15, -0.1) is 0 Å². The Hall–Kier alpha value is -2.65. The standard InChI is InChI=1S/C26H20BrCl2FN2O4/c27-18-6-7-20(36-9-8-33)22(23(18)30)24-26(16-5-4-15(29)11-19(16)31-25(26)35)17(12-21(34)32-24)13-2-1-3-14(28)10-13/h1-7,10-11,17,24,33H,8-9,12H2,(H,31,35)(H,32,34)/t17-,24+,26-/m0/s1. The number of amides is 2. The van der Waals surface area contributed by atoms with Crippen LogP contribution in [-0.2, 0) is 15.0 Å². The van der Waals surface area contributed by atoms with Gasteiger partial charge in [-0.1, -0.05) is 41.4 Å². The summed E-state index contributed by atoms with van der Waals surface area (Å²) in [6.45, 7) is -0.399. The lowest BCUT2D eigenvalue weighted by atomic mass is 9.59. The van der Waals surface area contributed by atoms with E-state index in [1.165, 1.54) is 12.1 Å². The molecule has 2 heterocycles. The molecule has 1 spiro atoms. The largest absolute Gasteiger partial charge is 0.491 e. The van der Waals surface area contributed by atoms with Crippen molar-refractivity contribution in [2.45, 2.75) is 23.8 Å². The highest BCUT2D eigenvalue weighted by Crippen LogP contribution is 2.59. The van der Waals surface area contributed by atoms with Gasteiger partial charge in [-0.25, -0.2) is 4.39 Å². The van der Waals surface area contributed by atoms with E-state index < -0.39 is 29.1 Å². The predicted molar refractivity (Wildman–Crippen MR) is 138 cm³/mol. The Morgan fingerprint density at radius 3 is 2.64 bits per heavy atom. The van der Waals surface area contributed by atoms with Crippen LogP contribution in [0.15, 0.2) is 59.1 Å². The van der Waals surface area contributed by atoms with E-state index in [4.69, 9.17) is 27.9 Å². The SMILES string of the molecule is O=C1C[C@@H](c2cccc(Cl)c2)[C@]2(C(=O)Nc3cc(Cl)ccc32)[C@@H](c2c(OCCO)ccc(Br)c2F)N1. The lowest BCUT2D eigenvalue weighted by molar-refractivity contribution is -0.131. The topological polar surface area (TPSA) is 87.7 Å². The Labute approximate surface area is 224 Å². The normalized spacial score (nSPS) is 22.8. The van der Waals surface area contributed by atoms with Gasteiger partial charge in [0.05, 0.1) is 22.7 Å². The Kier molecular flexibility index (Phi) is 6.72. The van der Waals surface area contributed by atoms with Crippen molar-refractivity contribution in [1.82, 2.24) is 5.32 Å². The minimum atomic E-state index is -1.46. The minimum absolute atomic E-state index is 0.00384. The Balaban J connectivity index is 1.83. The monoisotopic (exact) mass is 592 g/mol. The molecule has 0 aromatic heterocycles. The highest BCUT2D eigenvalue weighted by Gasteiger charge is 2.62. The molecule has 5 rings (SSSR count). The van der Waals surface area contributed by atoms with Crippen molar-refractivity contribution < 1.29 is 23.8 Å². The molecule has 1 saturated heterocycles. The van der Waals surface area contributed by atoms with Crippen molar-refractivity contribution in [3.63, 3.8) is 0 Å². The molecular formula is C26H20BrCl2FN2O4. The van der Waals surface area contributed by atoms with Gasteiger partial charge in [-0.3, -0.25) is 9.59 Å². The Morgan fingerprint density at radius 1 is 1.11 bits per heavy atom. The zero-order valence-electron chi connectivity index (χ0n) is 18.7. The molecule has 1 fully saturated rings. The molecule has 3 aromatic rings. The van der Waals surface area contributed by atoms with Crippen molar-refractivity contribution in [1.29, 1.82) is 0 Å². The smallest absolute Gasteiger partial charge is 0.238 e. The maximum atomic E-state index is 15.9. The fourth-order valence-electron chi connectivity index (χ4n) is 5.35. The highest BCUT2D eigenvalue weighted by molar-refractivity contribution is 9.10. The van der Waals surface area contributed by atoms with Gasteiger partial charge < -0.3 is 20.5 Å². The molecule has 10 heteroatoms. The molecule has 0 radical (unpaired) electrons. The van der Waals surface area contributed by atoms with E-state index >= 15 is 4.39 Å². The van der Waals surface area contributed by atoms with Gasteiger partial charge in [0.2, 0.25) is 11.8 Å². The van der Waals surface area contributed by atoms with Gasteiger partial charge in [0.15, 0.2) is 0 Å². The van der Waals surface area contributed by atoms with Gasteiger partial charge in [-0.2, -0.15) is 0 Å². The van der Waals surface area contributed by atoms with Crippen molar-refractivity contribution in [2.75, 3.05) is 18.5 Å². The first-order valence-electron chi connectivity index (χ1n) is 11.1. The number of ether oxygens (including phenoxy) is 1. The van der Waals surface area contributed by atoms with Gasteiger partial charge in [0, 0.05) is 28.1 Å². The number of fused-ring (bicyclic) bond motifs is 2. The van der Waals surface area contributed by atoms with E-state index in [9.17, 15) is 14.7 Å². The molecule has 2 amide bonds. The summed E-state index contributed by atoms with van der Waals surface area (Å²) in [5, 5.41) is 16.0. The summed E-state index contributed by atoms with van der Waals surface area (Å²) >= 11 is 15.8. The molecule has 36 heavy (non-hydrogen) atoms. The molecule has 0 bridgehead atoms. The average molecular weight is 594 g/mol. The Bertz CT molecular complexity index is 1390. The van der Waals surface area contributed by atoms with Crippen LogP contribution in [-0.4, -0.2) is 30.1 Å². The molecule has 0 aliphatic carbocycles. The minimum Gasteiger partial charge on any atom is -0.491 e. The van der Waals surface area contributed by atoms with Crippen LogP contribution in [0.2, 0.25) is 10.0 Å². The summed E-state index contributed by atoms with van der Waals surface area (Å²) in [5.74, 6) is -2.05. The average Bonchev–Trinajstić information content (AvgIpc) is 3.12. The second-order valence-corrected chi connectivity index (χ2v) is 10.4. The van der Waals surface area contributed by atoms with Gasteiger partial charge in [-0.05, 0) is 63.5 Å². The van der Waals surface area contributed by atoms with E-state index in [1.54, 1.807) is 42.5 Å². The lowest BCUT2D eigenvalue weighted by Crippen LogP contribution is -2.57. The number of hydrogen-bond donors (Lipinski definition) is 3. The molecule has 0 unspecified atom stereocenters. The first-order valence-corrected chi connectivity index (χ1v) is 12.7. The number of rotatable bonds is 5. The summed E-state index contributed by atoms with van der Waals surface area (Å²) in [4.78, 5) is 27.2. The maximum absolute atomic E-state index is 15.9. The third kappa shape index (κ3) is 3.96. The lowest BCUT2D eigenvalue weighted by Gasteiger charge is -2.46. The molecule has 186 valence electrons. The van der Waals surface area contributed by atoms with Crippen LogP contribution in [0.1, 0.15) is 35.1 Å². The van der Waals surface area contributed by atoms with Crippen LogP contribution < -0.4 is 15.4 Å². The third-order valence-electron chi connectivity index (χ3n) is 6.73. The van der Waals surface area contributed by atoms with E-state index in [1.807, 2.05) is 0 Å². The number of piperidine rings is 1. The van der Waals surface area contributed by atoms with Crippen LogP contribution in [0.3, 0.4) is 0 Å². The number of aliphatic hydroxyl groups excluding tert-OH is 1. The molecule has 3 atom stereocenters. The third-order valence-corrected chi connectivity index (χ3v) is 7.81. The number of anilines is 1. The van der Waals surface area contributed by atoms with Crippen molar-refractivity contribution in [3.8, 4) is 5.75 Å². The van der Waals surface area contributed by atoms with E-state index in [2.05, 4.69) is 26.6 Å². The van der Waals surface area contributed by atoms with Crippen molar-refractivity contribution in [3.05, 3.63) is 91.6 Å². The summed E-state index contributed by atoms with van der Waals surface area (Å²) in [5.41, 5.74) is 0.245. The zero-order valence-corrected chi connectivity index (χ0v) is 21.8. The van der Waals surface area contributed by atoms with Gasteiger partial charge in [0.1, 0.15) is 23.6 Å². The molecule has 2 aliphatic heterocycles. The summed E-state index contributed by atoms with van der Waals surface area (Å²) in [6, 6.07) is 13.8. The van der Waals surface area contributed by atoms with E-state index in [0.29, 0.717) is 26.9 Å². The first kappa shape index (κ1) is 25.0. The van der Waals surface area contributed by atoms with E-state index in [0.717, 1.165) is 0 Å². The molecule has 3 N–H and O–H groups in total. The van der Waals surface area contributed by atoms with E-state index in [-0.39, 0.29) is 41.3 Å². The highest BCUT2D eigenvalue weighted by atomic mass is 79.9.